The minimum absolute atomic E-state index is 0.216. The van der Waals surface area contributed by atoms with E-state index >= 15 is 0 Å². The summed E-state index contributed by atoms with van der Waals surface area (Å²) in [6.07, 6.45) is 4.03. The molecule has 118 valence electrons. The van der Waals surface area contributed by atoms with Crippen LogP contribution in [0.3, 0.4) is 0 Å². The van der Waals surface area contributed by atoms with E-state index in [-0.39, 0.29) is 12.2 Å². The Bertz CT molecular complexity index is 402. The van der Waals surface area contributed by atoms with Gasteiger partial charge in [-0.15, -0.1) is 0 Å². The Hall–Kier alpha value is -1.06. The zero-order valence-corrected chi connectivity index (χ0v) is 13.6. The van der Waals surface area contributed by atoms with Gasteiger partial charge in [0, 0.05) is 19.1 Å². The third kappa shape index (κ3) is 5.01. The number of hydrogen-bond acceptors (Lipinski definition) is 3. The van der Waals surface area contributed by atoms with E-state index in [0.29, 0.717) is 5.92 Å². The molecule has 0 radical (unpaired) electrons. The summed E-state index contributed by atoms with van der Waals surface area (Å²) in [5.41, 5.74) is 1.27. The zero-order valence-electron chi connectivity index (χ0n) is 13.6. The Morgan fingerprint density at radius 2 is 2.05 bits per heavy atom. The quantitative estimate of drug-likeness (QED) is 0.772. The first kappa shape index (κ1) is 16.3. The second-order valence-corrected chi connectivity index (χ2v) is 6.13. The molecule has 3 heteroatoms. The molecule has 2 atom stereocenters. The van der Waals surface area contributed by atoms with Crippen molar-refractivity contribution in [2.24, 2.45) is 5.92 Å². The maximum absolute atomic E-state index is 6.05. The molecule has 3 nitrogen and oxygen atoms in total. The smallest absolute Gasteiger partial charge is 0.119 e. The van der Waals surface area contributed by atoms with Gasteiger partial charge in [-0.3, -0.25) is 0 Å². The van der Waals surface area contributed by atoms with Gasteiger partial charge in [0.05, 0.1) is 12.2 Å². The highest BCUT2D eigenvalue weighted by molar-refractivity contribution is 5.29. The molecule has 1 aromatic rings. The molecule has 1 fully saturated rings. The van der Waals surface area contributed by atoms with Crippen LogP contribution in [-0.4, -0.2) is 25.8 Å². The van der Waals surface area contributed by atoms with Gasteiger partial charge in [-0.25, -0.2) is 0 Å². The first-order chi connectivity index (χ1) is 10.2. The fourth-order valence-electron chi connectivity index (χ4n) is 2.89. The van der Waals surface area contributed by atoms with Crippen molar-refractivity contribution in [3.8, 4) is 5.75 Å². The zero-order chi connectivity index (χ0) is 15.1. The average Bonchev–Trinajstić information content (AvgIpc) is 2.48. The maximum atomic E-state index is 6.05. The predicted octanol–water partition coefficient (Wildman–Crippen LogP) is 3.94. The van der Waals surface area contributed by atoms with Gasteiger partial charge >= 0.3 is 0 Å². The summed E-state index contributed by atoms with van der Waals surface area (Å²) >= 11 is 0. The monoisotopic (exact) mass is 291 g/mol. The lowest BCUT2D eigenvalue weighted by Crippen LogP contribution is -2.32. The van der Waals surface area contributed by atoms with E-state index in [9.17, 15) is 0 Å². The first-order valence-electron chi connectivity index (χ1n) is 8.29. The van der Waals surface area contributed by atoms with Gasteiger partial charge in [0.25, 0.3) is 0 Å². The molecule has 0 aromatic heterocycles. The molecular weight excluding hydrogens is 262 g/mol. The molecule has 1 saturated heterocycles. The number of benzene rings is 1. The second kappa shape index (κ2) is 8.40. The normalized spacial score (nSPS) is 22.5. The van der Waals surface area contributed by atoms with E-state index < -0.39 is 0 Å². The topological polar surface area (TPSA) is 30.5 Å². The molecule has 1 heterocycles. The molecule has 1 aliphatic rings. The van der Waals surface area contributed by atoms with Crippen LogP contribution in [0.2, 0.25) is 0 Å². The summed E-state index contributed by atoms with van der Waals surface area (Å²) in [4.78, 5) is 0. The van der Waals surface area contributed by atoms with Crippen LogP contribution in [-0.2, 0) is 4.74 Å². The average molecular weight is 291 g/mol. The highest BCUT2D eigenvalue weighted by atomic mass is 16.5. The van der Waals surface area contributed by atoms with E-state index in [0.717, 1.165) is 25.4 Å². The van der Waals surface area contributed by atoms with Crippen LogP contribution in [0.1, 0.15) is 51.7 Å². The fraction of sp³-hybridized carbons (Fsp3) is 0.667. The van der Waals surface area contributed by atoms with Crippen molar-refractivity contribution in [1.82, 2.24) is 5.32 Å². The second-order valence-electron chi connectivity index (χ2n) is 6.13. The number of rotatable bonds is 7. The Morgan fingerprint density at radius 1 is 1.29 bits per heavy atom. The van der Waals surface area contributed by atoms with Crippen molar-refractivity contribution in [3.63, 3.8) is 0 Å². The lowest BCUT2D eigenvalue weighted by Gasteiger charge is -2.32. The SMILES string of the molecule is CCCNCC1CCCOC1c1ccc(OC(C)C)cc1. The van der Waals surface area contributed by atoms with Crippen molar-refractivity contribution in [3.05, 3.63) is 29.8 Å². The van der Waals surface area contributed by atoms with E-state index in [1.54, 1.807) is 0 Å². The molecule has 0 spiro atoms. The summed E-state index contributed by atoms with van der Waals surface area (Å²) in [7, 11) is 0. The van der Waals surface area contributed by atoms with Gasteiger partial charge in [0.2, 0.25) is 0 Å². The molecule has 1 N–H and O–H groups in total. The number of ether oxygens (including phenoxy) is 2. The fourth-order valence-corrected chi connectivity index (χ4v) is 2.89. The number of hydrogen-bond donors (Lipinski definition) is 1. The van der Waals surface area contributed by atoms with Crippen LogP contribution in [0, 0.1) is 5.92 Å². The lowest BCUT2D eigenvalue weighted by molar-refractivity contribution is -0.0277. The van der Waals surface area contributed by atoms with Gasteiger partial charge < -0.3 is 14.8 Å². The highest BCUT2D eigenvalue weighted by Gasteiger charge is 2.27. The Kier molecular flexibility index (Phi) is 6.52. The summed E-state index contributed by atoms with van der Waals surface area (Å²) in [5, 5.41) is 3.54. The van der Waals surface area contributed by atoms with Crippen LogP contribution in [0.5, 0.6) is 5.75 Å². The van der Waals surface area contributed by atoms with E-state index in [1.165, 1.54) is 24.8 Å². The van der Waals surface area contributed by atoms with Crippen LogP contribution >= 0.6 is 0 Å². The van der Waals surface area contributed by atoms with Crippen LogP contribution in [0.4, 0.5) is 0 Å². The molecule has 2 unspecified atom stereocenters. The van der Waals surface area contributed by atoms with Crippen molar-refractivity contribution in [2.45, 2.75) is 52.2 Å². The summed E-state index contributed by atoms with van der Waals surface area (Å²) in [5.74, 6) is 1.51. The number of nitrogens with one attached hydrogen (secondary N) is 1. The highest BCUT2D eigenvalue weighted by Crippen LogP contribution is 2.34. The molecule has 21 heavy (non-hydrogen) atoms. The van der Waals surface area contributed by atoms with Crippen molar-refractivity contribution < 1.29 is 9.47 Å². The van der Waals surface area contributed by atoms with Gasteiger partial charge in [0.15, 0.2) is 0 Å². The minimum atomic E-state index is 0.216. The maximum Gasteiger partial charge on any atom is 0.119 e. The molecular formula is C18H29NO2. The van der Waals surface area contributed by atoms with Gasteiger partial charge in [-0.05, 0) is 57.4 Å². The van der Waals surface area contributed by atoms with Crippen LogP contribution in [0.15, 0.2) is 24.3 Å². The first-order valence-corrected chi connectivity index (χ1v) is 8.29. The van der Waals surface area contributed by atoms with E-state index in [2.05, 4.69) is 36.5 Å². The molecule has 0 bridgehead atoms. The predicted molar refractivity (Wildman–Crippen MR) is 86.8 cm³/mol. The molecule has 2 rings (SSSR count). The van der Waals surface area contributed by atoms with E-state index in [1.807, 2.05) is 13.8 Å². The third-order valence-corrected chi connectivity index (χ3v) is 3.86. The molecule has 1 aromatic carbocycles. The van der Waals surface area contributed by atoms with Crippen molar-refractivity contribution in [1.29, 1.82) is 0 Å². The minimum Gasteiger partial charge on any atom is -0.491 e. The van der Waals surface area contributed by atoms with E-state index in [4.69, 9.17) is 9.47 Å². The lowest BCUT2D eigenvalue weighted by atomic mass is 9.89. The molecule has 0 amide bonds. The Labute approximate surface area is 129 Å². The van der Waals surface area contributed by atoms with Crippen molar-refractivity contribution in [2.75, 3.05) is 19.7 Å². The molecule has 0 saturated carbocycles. The standard InChI is InChI=1S/C18H29NO2/c1-4-11-19-13-16-6-5-12-20-18(16)15-7-9-17(10-8-15)21-14(2)3/h7-10,14,16,18-19H,4-6,11-13H2,1-3H3. The van der Waals surface area contributed by atoms with Gasteiger partial charge in [0.1, 0.15) is 5.75 Å². The summed E-state index contributed by atoms with van der Waals surface area (Å²) in [6, 6.07) is 8.43. The summed E-state index contributed by atoms with van der Waals surface area (Å²) in [6.45, 7) is 9.31. The van der Waals surface area contributed by atoms with Gasteiger partial charge in [-0.2, -0.15) is 0 Å². The van der Waals surface area contributed by atoms with Crippen LogP contribution in [0.25, 0.3) is 0 Å². The molecule has 0 aliphatic carbocycles. The summed E-state index contributed by atoms with van der Waals surface area (Å²) < 4.78 is 11.8. The molecule has 1 aliphatic heterocycles. The van der Waals surface area contributed by atoms with Gasteiger partial charge in [-0.1, -0.05) is 19.1 Å². The largest absolute Gasteiger partial charge is 0.491 e. The van der Waals surface area contributed by atoms with Crippen molar-refractivity contribution >= 4 is 0 Å². The Morgan fingerprint density at radius 3 is 2.71 bits per heavy atom. The Balaban J connectivity index is 1.99. The van der Waals surface area contributed by atoms with Crippen LogP contribution < -0.4 is 10.1 Å². The third-order valence-electron chi connectivity index (χ3n) is 3.86.